The molecule has 0 aliphatic carbocycles. The van der Waals surface area contributed by atoms with Gasteiger partial charge in [-0.25, -0.2) is 9.97 Å². The van der Waals surface area contributed by atoms with Gasteiger partial charge in [0.25, 0.3) is 0 Å². The van der Waals surface area contributed by atoms with E-state index in [9.17, 15) is 0 Å². The average Bonchev–Trinajstić information content (AvgIpc) is 2.56. The number of hydrogen-bond acceptors (Lipinski definition) is 3. The van der Waals surface area contributed by atoms with Crippen molar-refractivity contribution in [3.8, 4) is 0 Å². The lowest BCUT2D eigenvalue weighted by molar-refractivity contribution is 0.273. The van der Waals surface area contributed by atoms with Gasteiger partial charge in [0.1, 0.15) is 11.3 Å². The Kier molecular flexibility index (Phi) is 2.91. The number of hydrogen-bond donors (Lipinski definition) is 1. The number of aromatic nitrogens is 3. The third-order valence-electron chi connectivity index (χ3n) is 2.72. The van der Waals surface area contributed by atoms with Gasteiger partial charge in [0.15, 0.2) is 5.65 Å². The van der Waals surface area contributed by atoms with Crippen molar-refractivity contribution >= 4 is 11.2 Å². The molecular weight excluding hydrogens is 214 g/mol. The summed E-state index contributed by atoms with van der Waals surface area (Å²) in [5, 5.41) is 9.17. The summed E-state index contributed by atoms with van der Waals surface area (Å²) in [5.41, 5.74) is 2.81. The third kappa shape index (κ3) is 2.17. The second-order valence-electron chi connectivity index (χ2n) is 5.42. The normalized spacial score (nSPS) is 12.3. The molecule has 0 fully saturated rings. The molecule has 17 heavy (non-hydrogen) atoms. The highest BCUT2D eigenvalue weighted by Crippen LogP contribution is 2.25. The van der Waals surface area contributed by atoms with Crippen LogP contribution in [-0.2, 0) is 12.0 Å². The molecule has 0 saturated heterocycles. The molecule has 0 aromatic carbocycles. The van der Waals surface area contributed by atoms with Gasteiger partial charge in [-0.15, -0.1) is 0 Å². The first-order valence-electron chi connectivity index (χ1n) is 5.87. The maximum Gasteiger partial charge on any atom is 0.160 e. The van der Waals surface area contributed by atoms with Crippen LogP contribution in [0, 0.1) is 6.92 Å². The minimum absolute atomic E-state index is 0.0518. The van der Waals surface area contributed by atoms with Gasteiger partial charge in [-0.3, -0.25) is 0 Å². The lowest BCUT2D eigenvalue weighted by Gasteiger charge is -2.19. The van der Waals surface area contributed by atoms with Crippen molar-refractivity contribution in [2.45, 2.75) is 39.7 Å². The van der Waals surface area contributed by atoms with E-state index in [1.165, 1.54) is 0 Å². The van der Waals surface area contributed by atoms with E-state index in [-0.39, 0.29) is 12.0 Å². The third-order valence-corrected chi connectivity index (χ3v) is 2.72. The van der Waals surface area contributed by atoms with Crippen LogP contribution in [0.5, 0.6) is 0 Å². The van der Waals surface area contributed by atoms with Crippen molar-refractivity contribution in [3.63, 3.8) is 0 Å². The van der Waals surface area contributed by atoms with Crippen LogP contribution in [0.4, 0.5) is 0 Å². The largest absolute Gasteiger partial charge is 0.395 e. The van der Waals surface area contributed by atoms with Crippen LogP contribution in [-0.4, -0.2) is 26.2 Å². The van der Waals surface area contributed by atoms with E-state index in [1.807, 2.05) is 23.8 Å². The Morgan fingerprint density at radius 2 is 2.06 bits per heavy atom. The molecule has 4 heteroatoms. The monoisotopic (exact) mass is 233 g/mol. The maximum atomic E-state index is 9.17. The lowest BCUT2D eigenvalue weighted by atomic mass is 9.96. The fraction of sp³-hybridized carbons (Fsp3) is 0.538. The molecule has 0 atom stereocenters. The summed E-state index contributed by atoms with van der Waals surface area (Å²) in [6.45, 7) is 9.01. The predicted molar refractivity (Wildman–Crippen MR) is 68.1 cm³/mol. The number of aliphatic hydroxyl groups is 1. The molecule has 2 aromatic heterocycles. The Balaban J connectivity index is 2.70. The summed E-state index contributed by atoms with van der Waals surface area (Å²) < 4.78 is 2.01. The quantitative estimate of drug-likeness (QED) is 0.863. The zero-order valence-corrected chi connectivity index (χ0v) is 10.9. The molecule has 0 aliphatic heterocycles. The molecule has 1 N–H and O–H groups in total. The summed E-state index contributed by atoms with van der Waals surface area (Å²) in [4.78, 5) is 9.08. The average molecular weight is 233 g/mol. The molecule has 0 aliphatic rings. The van der Waals surface area contributed by atoms with Gasteiger partial charge in [0.05, 0.1) is 6.61 Å². The van der Waals surface area contributed by atoms with E-state index in [0.717, 1.165) is 22.6 Å². The smallest absolute Gasteiger partial charge is 0.160 e. The van der Waals surface area contributed by atoms with Crippen LogP contribution in [0.1, 0.15) is 32.2 Å². The van der Waals surface area contributed by atoms with Gasteiger partial charge < -0.3 is 9.67 Å². The second-order valence-corrected chi connectivity index (χ2v) is 5.42. The Morgan fingerprint density at radius 1 is 1.35 bits per heavy atom. The fourth-order valence-corrected chi connectivity index (χ4v) is 2.00. The van der Waals surface area contributed by atoms with Gasteiger partial charge in [-0.05, 0) is 18.6 Å². The number of pyridine rings is 1. The molecular formula is C13H19N3O. The number of rotatable bonds is 2. The van der Waals surface area contributed by atoms with E-state index in [1.54, 1.807) is 0 Å². The van der Waals surface area contributed by atoms with Crippen LogP contribution in [0.3, 0.4) is 0 Å². The van der Waals surface area contributed by atoms with Crippen LogP contribution in [0.2, 0.25) is 0 Å². The van der Waals surface area contributed by atoms with Crippen molar-refractivity contribution in [2.75, 3.05) is 6.61 Å². The maximum absolute atomic E-state index is 9.17. The first-order chi connectivity index (χ1) is 7.93. The van der Waals surface area contributed by atoms with Crippen LogP contribution < -0.4 is 0 Å². The number of aryl methyl sites for hydroxylation is 1. The molecule has 4 nitrogen and oxygen atoms in total. The van der Waals surface area contributed by atoms with Crippen molar-refractivity contribution in [1.82, 2.24) is 14.5 Å². The van der Waals surface area contributed by atoms with Crippen LogP contribution >= 0.6 is 0 Å². The van der Waals surface area contributed by atoms with Gasteiger partial charge in [-0.1, -0.05) is 20.8 Å². The molecule has 2 aromatic rings. The molecule has 0 unspecified atom stereocenters. The zero-order valence-electron chi connectivity index (χ0n) is 10.9. The summed E-state index contributed by atoms with van der Waals surface area (Å²) in [6, 6.07) is 2.03. The SMILES string of the molecule is Cc1cnc2c(c1)nc(C(C)(C)C)n2CCO. The number of imidazole rings is 1. The van der Waals surface area contributed by atoms with Crippen molar-refractivity contribution in [1.29, 1.82) is 0 Å². The first-order valence-corrected chi connectivity index (χ1v) is 5.87. The van der Waals surface area contributed by atoms with Crippen LogP contribution in [0.15, 0.2) is 12.3 Å². The molecule has 0 saturated carbocycles. The lowest BCUT2D eigenvalue weighted by Crippen LogP contribution is -2.20. The second kappa shape index (κ2) is 4.11. The molecule has 0 spiro atoms. The van der Waals surface area contributed by atoms with Crippen molar-refractivity contribution in [2.24, 2.45) is 0 Å². The highest BCUT2D eigenvalue weighted by Gasteiger charge is 2.23. The Hall–Kier alpha value is -1.42. The fourth-order valence-electron chi connectivity index (χ4n) is 2.00. The van der Waals surface area contributed by atoms with E-state index >= 15 is 0 Å². The molecule has 2 rings (SSSR count). The summed E-state index contributed by atoms with van der Waals surface area (Å²) in [6.07, 6.45) is 1.84. The Morgan fingerprint density at radius 3 is 2.65 bits per heavy atom. The number of nitrogens with zero attached hydrogens (tertiary/aromatic N) is 3. The molecule has 0 amide bonds. The minimum atomic E-state index is -0.0518. The highest BCUT2D eigenvalue weighted by molar-refractivity contribution is 5.72. The molecule has 0 radical (unpaired) electrons. The number of aliphatic hydroxyl groups excluding tert-OH is 1. The summed E-state index contributed by atoms with van der Waals surface area (Å²) >= 11 is 0. The first kappa shape index (κ1) is 12.0. The zero-order chi connectivity index (χ0) is 12.6. The molecule has 92 valence electrons. The van der Waals surface area contributed by atoms with Crippen LogP contribution in [0.25, 0.3) is 11.2 Å². The highest BCUT2D eigenvalue weighted by atomic mass is 16.3. The standard InChI is InChI=1S/C13H19N3O/c1-9-7-10-11(14-8-9)16(5-6-17)12(15-10)13(2,3)4/h7-8,17H,5-6H2,1-4H3. The topological polar surface area (TPSA) is 50.9 Å². The van der Waals surface area contributed by atoms with Crippen molar-refractivity contribution < 1.29 is 5.11 Å². The van der Waals surface area contributed by atoms with Crippen molar-refractivity contribution in [3.05, 3.63) is 23.7 Å². The summed E-state index contributed by atoms with van der Waals surface area (Å²) in [7, 11) is 0. The summed E-state index contributed by atoms with van der Waals surface area (Å²) in [5.74, 6) is 0.972. The minimum Gasteiger partial charge on any atom is -0.395 e. The van der Waals surface area contributed by atoms with E-state index in [4.69, 9.17) is 5.11 Å². The van der Waals surface area contributed by atoms with E-state index < -0.39 is 0 Å². The Labute approximate surface area is 101 Å². The predicted octanol–water partition coefficient (Wildman–Crippen LogP) is 2.03. The van der Waals surface area contributed by atoms with E-state index in [0.29, 0.717) is 6.54 Å². The van der Waals surface area contributed by atoms with Gasteiger partial charge in [0.2, 0.25) is 0 Å². The van der Waals surface area contributed by atoms with Gasteiger partial charge >= 0.3 is 0 Å². The van der Waals surface area contributed by atoms with E-state index in [2.05, 4.69) is 30.7 Å². The van der Waals surface area contributed by atoms with Gasteiger partial charge in [0, 0.05) is 18.2 Å². The van der Waals surface area contributed by atoms with Gasteiger partial charge in [-0.2, -0.15) is 0 Å². The Bertz CT molecular complexity index is 537. The molecule has 0 bridgehead atoms. The number of fused-ring (bicyclic) bond motifs is 1. The molecule has 2 heterocycles.